The van der Waals surface area contributed by atoms with Crippen LogP contribution in [0.1, 0.15) is 16.7 Å². The number of hydrogen-bond acceptors (Lipinski definition) is 4. The van der Waals surface area contributed by atoms with Crippen molar-refractivity contribution in [2.75, 3.05) is 0 Å². The van der Waals surface area contributed by atoms with Crippen molar-refractivity contribution in [3.8, 4) is 6.07 Å². The molecule has 0 aliphatic carbocycles. The lowest BCUT2D eigenvalue weighted by atomic mass is 9.99. The second kappa shape index (κ2) is 5.88. The van der Waals surface area contributed by atoms with Crippen molar-refractivity contribution in [3.05, 3.63) is 75.3 Å². The lowest BCUT2D eigenvalue weighted by Crippen LogP contribution is -2.02. The molecule has 0 bridgehead atoms. The first-order chi connectivity index (χ1) is 10.0. The summed E-state index contributed by atoms with van der Waals surface area (Å²) in [6.45, 7) is 1.66. The fourth-order valence-corrected chi connectivity index (χ4v) is 2.00. The number of nitro benzene ring substituents is 1. The third-order valence-electron chi connectivity index (χ3n) is 3.16. The quantitative estimate of drug-likeness (QED) is 0.404. The Morgan fingerprint density at radius 3 is 2.43 bits per heavy atom. The fourth-order valence-electron chi connectivity index (χ4n) is 2.00. The molecule has 5 heteroatoms. The SMILES string of the molecule is Cc1ccc(/C(N)=C(/C#N)c2ccccc2)cc1[N+](=O)[O-]. The first-order valence-corrected chi connectivity index (χ1v) is 6.25. The van der Waals surface area contributed by atoms with Gasteiger partial charge >= 0.3 is 0 Å². The lowest BCUT2D eigenvalue weighted by molar-refractivity contribution is -0.385. The van der Waals surface area contributed by atoms with E-state index in [1.807, 2.05) is 6.07 Å². The van der Waals surface area contributed by atoms with Gasteiger partial charge in [-0.1, -0.05) is 42.5 Å². The Kier molecular flexibility index (Phi) is 4.00. The van der Waals surface area contributed by atoms with Crippen LogP contribution < -0.4 is 5.73 Å². The molecule has 0 atom stereocenters. The summed E-state index contributed by atoms with van der Waals surface area (Å²) in [6, 6.07) is 15.8. The van der Waals surface area contributed by atoms with Crippen molar-refractivity contribution in [1.29, 1.82) is 5.26 Å². The van der Waals surface area contributed by atoms with E-state index in [4.69, 9.17) is 5.73 Å². The maximum atomic E-state index is 11.0. The van der Waals surface area contributed by atoms with Gasteiger partial charge in [0.2, 0.25) is 0 Å². The molecule has 0 radical (unpaired) electrons. The van der Waals surface area contributed by atoms with E-state index in [1.165, 1.54) is 6.07 Å². The van der Waals surface area contributed by atoms with Gasteiger partial charge in [0.25, 0.3) is 5.69 Å². The molecule has 2 rings (SSSR count). The third kappa shape index (κ3) is 2.90. The van der Waals surface area contributed by atoms with Gasteiger partial charge in [0.1, 0.15) is 6.07 Å². The Bertz CT molecular complexity index is 759. The molecule has 2 N–H and O–H groups in total. The summed E-state index contributed by atoms with van der Waals surface area (Å²) in [5.74, 6) is 0. The molecule has 0 heterocycles. The highest BCUT2D eigenvalue weighted by Crippen LogP contribution is 2.26. The molecule has 2 aromatic rings. The minimum atomic E-state index is -0.458. The number of nitro groups is 1. The summed E-state index contributed by atoms with van der Waals surface area (Å²) in [7, 11) is 0. The van der Waals surface area contributed by atoms with Gasteiger partial charge in [-0.3, -0.25) is 10.1 Å². The number of hydrogen-bond donors (Lipinski definition) is 1. The predicted molar refractivity (Wildman–Crippen MR) is 80.9 cm³/mol. The predicted octanol–water partition coefficient (Wildman–Crippen LogP) is 3.25. The molecule has 2 aromatic carbocycles. The highest BCUT2D eigenvalue weighted by atomic mass is 16.6. The van der Waals surface area contributed by atoms with E-state index in [-0.39, 0.29) is 11.4 Å². The van der Waals surface area contributed by atoms with Crippen LogP contribution in [0.2, 0.25) is 0 Å². The van der Waals surface area contributed by atoms with Gasteiger partial charge in [-0.05, 0) is 12.5 Å². The Balaban J connectivity index is 2.59. The first-order valence-electron chi connectivity index (χ1n) is 6.25. The maximum Gasteiger partial charge on any atom is 0.272 e. The molecule has 21 heavy (non-hydrogen) atoms. The van der Waals surface area contributed by atoms with E-state index >= 15 is 0 Å². The number of benzene rings is 2. The molecule has 0 unspecified atom stereocenters. The van der Waals surface area contributed by atoms with Crippen LogP contribution in [0.5, 0.6) is 0 Å². The van der Waals surface area contributed by atoms with E-state index in [9.17, 15) is 15.4 Å². The van der Waals surface area contributed by atoms with Gasteiger partial charge < -0.3 is 5.73 Å². The van der Waals surface area contributed by atoms with Crippen LogP contribution in [-0.2, 0) is 0 Å². The molecule has 0 aromatic heterocycles. The Morgan fingerprint density at radius 2 is 1.86 bits per heavy atom. The van der Waals surface area contributed by atoms with Crippen molar-refractivity contribution >= 4 is 17.0 Å². The van der Waals surface area contributed by atoms with Crippen LogP contribution in [0, 0.1) is 28.4 Å². The van der Waals surface area contributed by atoms with Crippen LogP contribution in [0.4, 0.5) is 5.69 Å². The van der Waals surface area contributed by atoms with Crippen LogP contribution in [-0.4, -0.2) is 4.92 Å². The van der Waals surface area contributed by atoms with E-state index < -0.39 is 4.92 Å². The molecule has 104 valence electrons. The van der Waals surface area contributed by atoms with Crippen molar-refractivity contribution < 1.29 is 4.92 Å². The van der Waals surface area contributed by atoms with Gasteiger partial charge in [-0.25, -0.2) is 0 Å². The summed E-state index contributed by atoms with van der Waals surface area (Å²) < 4.78 is 0. The zero-order valence-electron chi connectivity index (χ0n) is 11.4. The van der Waals surface area contributed by atoms with Crippen molar-refractivity contribution in [1.82, 2.24) is 0 Å². The topological polar surface area (TPSA) is 93.0 Å². The molecule has 0 saturated heterocycles. The average molecular weight is 279 g/mol. The first kappa shape index (κ1) is 14.3. The molecule has 0 amide bonds. The molecule has 0 aliphatic heterocycles. The van der Waals surface area contributed by atoms with Crippen molar-refractivity contribution in [3.63, 3.8) is 0 Å². The van der Waals surface area contributed by atoms with Gasteiger partial charge in [-0.15, -0.1) is 0 Å². The minimum Gasteiger partial charge on any atom is -0.397 e. The average Bonchev–Trinajstić information content (AvgIpc) is 2.49. The van der Waals surface area contributed by atoms with Gasteiger partial charge in [0, 0.05) is 17.2 Å². The highest BCUT2D eigenvalue weighted by molar-refractivity contribution is 5.96. The van der Waals surface area contributed by atoms with E-state index in [0.717, 1.165) is 0 Å². The molecule has 0 saturated carbocycles. The van der Waals surface area contributed by atoms with Crippen molar-refractivity contribution in [2.24, 2.45) is 5.73 Å². The molecular formula is C16H13N3O2. The molecule has 0 aliphatic rings. The van der Waals surface area contributed by atoms with Crippen LogP contribution >= 0.6 is 0 Å². The largest absolute Gasteiger partial charge is 0.397 e. The minimum absolute atomic E-state index is 0.0131. The number of allylic oxidation sites excluding steroid dienone is 1. The Morgan fingerprint density at radius 1 is 1.19 bits per heavy atom. The van der Waals surface area contributed by atoms with Crippen molar-refractivity contribution in [2.45, 2.75) is 6.92 Å². The zero-order chi connectivity index (χ0) is 15.4. The van der Waals surface area contributed by atoms with E-state index in [2.05, 4.69) is 6.07 Å². The Labute approximate surface area is 122 Å². The van der Waals surface area contributed by atoms with E-state index in [1.54, 1.807) is 43.3 Å². The zero-order valence-corrected chi connectivity index (χ0v) is 11.4. The maximum absolute atomic E-state index is 11.0. The number of aryl methyl sites for hydroxylation is 1. The number of rotatable bonds is 3. The smallest absolute Gasteiger partial charge is 0.272 e. The molecule has 0 spiro atoms. The summed E-state index contributed by atoms with van der Waals surface area (Å²) in [4.78, 5) is 10.5. The van der Waals surface area contributed by atoms with Crippen LogP contribution in [0.3, 0.4) is 0 Å². The molecule has 0 fully saturated rings. The number of nitrogens with two attached hydrogens (primary N) is 1. The lowest BCUT2D eigenvalue weighted by Gasteiger charge is -2.07. The summed E-state index contributed by atoms with van der Waals surface area (Å²) in [5, 5.41) is 20.3. The fraction of sp³-hybridized carbons (Fsp3) is 0.0625. The molecule has 5 nitrogen and oxygen atoms in total. The third-order valence-corrected chi connectivity index (χ3v) is 3.16. The normalized spacial score (nSPS) is 11.4. The summed E-state index contributed by atoms with van der Waals surface area (Å²) >= 11 is 0. The molecular weight excluding hydrogens is 266 g/mol. The van der Waals surface area contributed by atoms with Gasteiger partial charge in [0.15, 0.2) is 0 Å². The summed E-state index contributed by atoms with van der Waals surface area (Å²) in [5.41, 5.74) is 8.25. The second-order valence-corrected chi connectivity index (χ2v) is 4.52. The van der Waals surface area contributed by atoms with Gasteiger partial charge in [-0.2, -0.15) is 5.26 Å². The number of nitrogens with zero attached hydrogens (tertiary/aromatic N) is 2. The van der Waals surface area contributed by atoms with Crippen LogP contribution in [0.25, 0.3) is 11.3 Å². The van der Waals surface area contributed by atoms with Gasteiger partial charge in [0.05, 0.1) is 16.2 Å². The van der Waals surface area contributed by atoms with E-state index in [0.29, 0.717) is 22.3 Å². The Hall–Kier alpha value is -3.13. The monoisotopic (exact) mass is 279 g/mol. The second-order valence-electron chi connectivity index (χ2n) is 4.52. The number of nitriles is 1. The van der Waals surface area contributed by atoms with Crippen LogP contribution in [0.15, 0.2) is 48.5 Å². The highest BCUT2D eigenvalue weighted by Gasteiger charge is 2.14. The standard InChI is InChI=1S/C16H13N3O2/c1-11-7-8-13(9-15(11)19(20)21)16(18)14(10-17)12-5-3-2-4-6-12/h2-9H,18H2,1H3/b16-14+. The summed E-state index contributed by atoms with van der Waals surface area (Å²) in [6.07, 6.45) is 0.